The summed E-state index contributed by atoms with van der Waals surface area (Å²) in [5.74, 6) is -0.319. The van der Waals surface area contributed by atoms with Crippen molar-refractivity contribution >= 4 is 23.2 Å². The minimum absolute atomic E-state index is 0.0156. The third kappa shape index (κ3) is 3.64. The molecule has 1 aromatic heterocycles. The summed E-state index contributed by atoms with van der Waals surface area (Å²) < 4.78 is 0. The van der Waals surface area contributed by atoms with Gasteiger partial charge in [0, 0.05) is 24.0 Å². The van der Waals surface area contributed by atoms with Crippen LogP contribution < -0.4 is 5.32 Å². The second kappa shape index (κ2) is 7.13. The van der Waals surface area contributed by atoms with E-state index in [1.54, 1.807) is 4.90 Å². The fourth-order valence-electron chi connectivity index (χ4n) is 2.98. The zero-order chi connectivity index (χ0) is 17.1. The molecule has 0 aliphatic carbocycles. The Morgan fingerprint density at radius 3 is 2.83 bits per heavy atom. The number of aromatic nitrogens is 1. The van der Waals surface area contributed by atoms with Gasteiger partial charge in [-0.25, -0.2) is 4.98 Å². The first-order chi connectivity index (χ1) is 11.5. The van der Waals surface area contributed by atoms with E-state index in [0.717, 1.165) is 16.3 Å². The van der Waals surface area contributed by atoms with Crippen molar-refractivity contribution < 1.29 is 9.59 Å². The molecule has 5 nitrogen and oxygen atoms in total. The van der Waals surface area contributed by atoms with Gasteiger partial charge in [-0.2, -0.15) is 0 Å². The SMILES string of the molecule is Cc1csc(CNC(=O)[C@H]2CC(=O)N([C@H](C)c3ccccc3)C2)n1. The Bertz CT molecular complexity index is 729. The highest BCUT2D eigenvalue weighted by Crippen LogP contribution is 2.28. The maximum Gasteiger partial charge on any atom is 0.225 e. The van der Waals surface area contributed by atoms with Crippen LogP contribution in [0.25, 0.3) is 0 Å². The van der Waals surface area contributed by atoms with Gasteiger partial charge in [-0.15, -0.1) is 11.3 Å². The summed E-state index contributed by atoms with van der Waals surface area (Å²) in [6.45, 7) is 4.83. The number of nitrogens with zero attached hydrogens (tertiary/aromatic N) is 2. The quantitative estimate of drug-likeness (QED) is 0.908. The van der Waals surface area contributed by atoms with E-state index in [4.69, 9.17) is 0 Å². The van der Waals surface area contributed by atoms with Gasteiger partial charge in [-0.3, -0.25) is 9.59 Å². The number of nitrogens with one attached hydrogen (secondary N) is 1. The maximum atomic E-state index is 12.4. The van der Waals surface area contributed by atoms with Crippen LogP contribution >= 0.6 is 11.3 Å². The van der Waals surface area contributed by atoms with E-state index >= 15 is 0 Å². The van der Waals surface area contributed by atoms with Crippen LogP contribution in [0.2, 0.25) is 0 Å². The van der Waals surface area contributed by atoms with Crippen molar-refractivity contribution in [2.45, 2.75) is 32.9 Å². The van der Waals surface area contributed by atoms with Crippen LogP contribution in [0.15, 0.2) is 35.7 Å². The Morgan fingerprint density at radius 2 is 2.17 bits per heavy atom. The number of thiazole rings is 1. The van der Waals surface area contributed by atoms with Crippen LogP contribution in [0.1, 0.15) is 35.7 Å². The summed E-state index contributed by atoms with van der Waals surface area (Å²) in [5.41, 5.74) is 2.05. The van der Waals surface area contributed by atoms with Gasteiger partial charge in [0.25, 0.3) is 0 Å². The molecule has 0 bridgehead atoms. The second-order valence-electron chi connectivity index (χ2n) is 6.13. The highest BCUT2D eigenvalue weighted by atomic mass is 32.1. The molecule has 2 aromatic rings. The normalized spacial score (nSPS) is 18.7. The first-order valence-electron chi connectivity index (χ1n) is 8.07. The average molecular weight is 343 g/mol. The molecule has 1 fully saturated rings. The molecule has 6 heteroatoms. The molecule has 0 spiro atoms. The molecule has 1 saturated heterocycles. The molecular weight excluding hydrogens is 322 g/mol. The molecule has 2 heterocycles. The molecule has 126 valence electrons. The summed E-state index contributed by atoms with van der Waals surface area (Å²) in [7, 11) is 0. The Labute approximate surface area is 145 Å². The van der Waals surface area contributed by atoms with E-state index in [-0.39, 0.29) is 30.2 Å². The van der Waals surface area contributed by atoms with Crippen LogP contribution in [0, 0.1) is 12.8 Å². The summed E-state index contributed by atoms with van der Waals surface area (Å²) in [6, 6.07) is 9.89. The number of carbonyl (C=O) groups is 2. The molecule has 3 rings (SSSR count). The van der Waals surface area contributed by atoms with E-state index in [1.807, 2.05) is 49.6 Å². The van der Waals surface area contributed by atoms with Crippen LogP contribution in [-0.2, 0) is 16.1 Å². The van der Waals surface area contributed by atoms with Crippen molar-refractivity contribution in [2.75, 3.05) is 6.54 Å². The van der Waals surface area contributed by atoms with Crippen molar-refractivity contribution in [1.29, 1.82) is 0 Å². The number of hydrogen-bond acceptors (Lipinski definition) is 4. The van der Waals surface area contributed by atoms with Gasteiger partial charge in [-0.1, -0.05) is 30.3 Å². The van der Waals surface area contributed by atoms with Gasteiger partial charge >= 0.3 is 0 Å². The number of amides is 2. The Morgan fingerprint density at radius 1 is 1.42 bits per heavy atom. The van der Waals surface area contributed by atoms with Gasteiger partial charge in [0.1, 0.15) is 5.01 Å². The summed E-state index contributed by atoms with van der Waals surface area (Å²) in [6.07, 6.45) is 0.278. The number of carbonyl (C=O) groups excluding carboxylic acids is 2. The van der Waals surface area contributed by atoms with Gasteiger partial charge in [0.15, 0.2) is 0 Å². The first-order valence-corrected chi connectivity index (χ1v) is 8.95. The Kier molecular flexibility index (Phi) is 4.94. The molecule has 0 unspecified atom stereocenters. The predicted octanol–water partition coefficient (Wildman–Crippen LogP) is 2.68. The van der Waals surface area contributed by atoms with E-state index in [9.17, 15) is 9.59 Å². The topological polar surface area (TPSA) is 62.3 Å². The third-order valence-electron chi connectivity index (χ3n) is 4.36. The molecule has 1 aromatic carbocycles. The zero-order valence-electron chi connectivity index (χ0n) is 13.9. The number of aryl methyl sites for hydroxylation is 1. The van der Waals surface area contributed by atoms with Gasteiger partial charge in [-0.05, 0) is 19.4 Å². The number of rotatable bonds is 5. The van der Waals surface area contributed by atoms with Crippen LogP contribution in [0.5, 0.6) is 0 Å². The van der Waals surface area contributed by atoms with E-state index < -0.39 is 0 Å². The lowest BCUT2D eigenvalue weighted by atomic mass is 10.1. The van der Waals surface area contributed by atoms with E-state index in [1.165, 1.54) is 11.3 Å². The predicted molar refractivity (Wildman–Crippen MR) is 93.4 cm³/mol. The van der Waals surface area contributed by atoms with E-state index in [2.05, 4.69) is 10.3 Å². The van der Waals surface area contributed by atoms with Gasteiger partial charge in [0.05, 0.1) is 18.5 Å². The van der Waals surface area contributed by atoms with Crippen molar-refractivity contribution in [3.63, 3.8) is 0 Å². The molecule has 0 saturated carbocycles. The number of likely N-dealkylation sites (tertiary alicyclic amines) is 1. The van der Waals surface area contributed by atoms with E-state index in [0.29, 0.717) is 13.1 Å². The third-order valence-corrected chi connectivity index (χ3v) is 5.33. The fraction of sp³-hybridized carbons (Fsp3) is 0.389. The molecule has 1 N–H and O–H groups in total. The summed E-state index contributed by atoms with van der Waals surface area (Å²) in [5, 5.41) is 5.75. The lowest BCUT2D eigenvalue weighted by Crippen LogP contribution is -2.33. The first kappa shape index (κ1) is 16.6. The smallest absolute Gasteiger partial charge is 0.225 e. The Balaban J connectivity index is 1.58. The van der Waals surface area contributed by atoms with Gasteiger partial charge in [0.2, 0.25) is 11.8 Å². The molecule has 0 radical (unpaired) electrons. The number of benzene rings is 1. The van der Waals surface area contributed by atoms with Crippen molar-refractivity contribution in [3.05, 3.63) is 52.0 Å². The van der Waals surface area contributed by atoms with Gasteiger partial charge < -0.3 is 10.2 Å². The van der Waals surface area contributed by atoms with Crippen molar-refractivity contribution in [2.24, 2.45) is 5.92 Å². The van der Waals surface area contributed by atoms with Crippen molar-refractivity contribution in [3.8, 4) is 0 Å². The molecule has 24 heavy (non-hydrogen) atoms. The fourth-order valence-corrected chi connectivity index (χ4v) is 3.70. The lowest BCUT2D eigenvalue weighted by molar-refractivity contribution is -0.130. The monoisotopic (exact) mass is 343 g/mol. The van der Waals surface area contributed by atoms with Crippen LogP contribution in [-0.4, -0.2) is 28.2 Å². The summed E-state index contributed by atoms with van der Waals surface area (Å²) >= 11 is 1.53. The molecular formula is C18H21N3O2S. The molecule has 2 atom stereocenters. The summed E-state index contributed by atoms with van der Waals surface area (Å²) in [4.78, 5) is 30.8. The highest BCUT2D eigenvalue weighted by Gasteiger charge is 2.36. The number of hydrogen-bond donors (Lipinski definition) is 1. The average Bonchev–Trinajstić information content (AvgIpc) is 3.18. The standard InChI is InChI=1S/C18H21N3O2S/c1-12-11-24-16(20-12)9-19-18(23)15-8-17(22)21(10-15)13(2)14-6-4-3-5-7-14/h3-7,11,13,15H,8-10H2,1-2H3,(H,19,23)/t13-,15+/m1/s1. The minimum Gasteiger partial charge on any atom is -0.349 e. The van der Waals surface area contributed by atoms with Crippen LogP contribution in [0.4, 0.5) is 0 Å². The molecule has 2 amide bonds. The Hall–Kier alpha value is -2.21. The zero-order valence-corrected chi connectivity index (χ0v) is 14.7. The second-order valence-corrected chi connectivity index (χ2v) is 7.08. The van der Waals surface area contributed by atoms with Crippen molar-refractivity contribution in [1.82, 2.24) is 15.2 Å². The molecule has 1 aliphatic heterocycles. The molecule has 1 aliphatic rings. The van der Waals surface area contributed by atoms with Crippen LogP contribution in [0.3, 0.4) is 0 Å². The maximum absolute atomic E-state index is 12.4. The largest absolute Gasteiger partial charge is 0.349 e. The minimum atomic E-state index is -0.287. The lowest BCUT2D eigenvalue weighted by Gasteiger charge is -2.25. The highest BCUT2D eigenvalue weighted by molar-refractivity contribution is 7.09.